The van der Waals surface area contributed by atoms with Crippen LogP contribution in [0.15, 0.2) is 17.2 Å². The molecule has 0 spiro atoms. The molecule has 1 saturated heterocycles. The maximum absolute atomic E-state index is 11.3. The fourth-order valence-electron chi connectivity index (χ4n) is 2.20. The van der Waals surface area contributed by atoms with E-state index in [1.54, 1.807) is 0 Å². The van der Waals surface area contributed by atoms with Gasteiger partial charge in [-0.3, -0.25) is 0 Å². The minimum Gasteiger partial charge on any atom is -0.355 e. The zero-order chi connectivity index (χ0) is 12.7. The van der Waals surface area contributed by atoms with Crippen LogP contribution in [0.3, 0.4) is 0 Å². The lowest BCUT2D eigenvalue weighted by molar-refractivity contribution is 0.454. The number of piperidine rings is 1. The molecular formula is C11H14BrN5O. The smallest absolute Gasteiger partial charge is 0.348 e. The lowest BCUT2D eigenvalue weighted by atomic mass is 9.99. The first kappa shape index (κ1) is 11.7. The standard InChI is InChI=1S/C11H14BrN5O/c1-7-2-3-16(5-8(7)12)9-4-10-14-15-11(18)17(10)6-13-9/h4,6-8H,2-3,5H2,1H3,(H,15,18). The van der Waals surface area contributed by atoms with Crippen LogP contribution >= 0.6 is 15.9 Å². The van der Waals surface area contributed by atoms with E-state index in [0.29, 0.717) is 16.4 Å². The summed E-state index contributed by atoms with van der Waals surface area (Å²) in [6, 6.07) is 1.84. The third-order valence-corrected chi connectivity index (χ3v) is 4.68. The fourth-order valence-corrected chi connectivity index (χ4v) is 2.82. The van der Waals surface area contributed by atoms with Gasteiger partial charge in [-0.05, 0) is 12.3 Å². The summed E-state index contributed by atoms with van der Waals surface area (Å²) in [7, 11) is 0. The van der Waals surface area contributed by atoms with Gasteiger partial charge >= 0.3 is 5.69 Å². The molecule has 0 aromatic carbocycles. The summed E-state index contributed by atoms with van der Waals surface area (Å²) in [6.07, 6.45) is 2.66. The molecule has 3 rings (SSSR count). The van der Waals surface area contributed by atoms with Crippen molar-refractivity contribution in [3.63, 3.8) is 0 Å². The summed E-state index contributed by atoms with van der Waals surface area (Å²) in [5.74, 6) is 1.55. The number of nitrogens with one attached hydrogen (secondary N) is 1. The van der Waals surface area contributed by atoms with Crippen molar-refractivity contribution in [2.24, 2.45) is 5.92 Å². The second-order valence-electron chi connectivity index (χ2n) is 4.73. The summed E-state index contributed by atoms with van der Waals surface area (Å²) in [5.41, 5.74) is 0.351. The van der Waals surface area contributed by atoms with Gasteiger partial charge in [0, 0.05) is 24.0 Å². The van der Waals surface area contributed by atoms with Gasteiger partial charge in [0.1, 0.15) is 12.1 Å². The van der Waals surface area contributed by atoms with E-state index in [4.69, 9.17) is 0 Å². The molecule has 6 nitrogen and oxygen atoms in total. The Labute approximate surface area is 112 Å². The monoisotopic (exact) mass is 311 g/mol. The van der Waals surface area contributed by atoms with Crippen LogP contribution in [0.25, 0.3) is 5.65 Å². The highest BCUT2D eigenvalue weighted by atomic mass is 79.9. The SMILES string of the molecule is CC1CCN(c2cc3n[nH]c(=O)n3cn2)CC1Br. The molecule has 2 unspecified atom stereocenters. The van der Waals surface area contributed by atoms with E-state index in [-0.39, 0.29) is 5.69 Å². The molecule has 0 radical (unpaired) electrons. The zero-order valence-corrected chi connectivity index (χ0v) is 11.6. The number of aromatic amines is 1. The number of hydrogen-bond donors (Lipinski definition) is 1. The molecule has 1 fully saturated rings. The van der Waals surface area contributed by atoms with Crippen molar-refractivity contribution in [2.45, 2.75) is 18.2 Å². The Balaban J connectivity index is 1.92. The van der Waals surface area contributed by atoms with Crippen molar-refractivity contribution in [3.05, 3.63) is 22.9 Å². The number of anilines is 1. The second-order valence-corrected chi connectivity index (χ2v) is 5.91. The van der Waals surface area contributed by atoms with Gasteiger partial charge < -0.3 is 4.90 Å². The number of rotatable bonds is 1. The minimum absolute atomic E-state index is 0.255. The van der Waals surface area contributed by atoms with Crippen LogP contribution in [-0.2, 0) is 0 Å². The van der Waals surface area contributed by atoms with E-state index >= 15 is 0 Å². The van der Waals surface area contributed by atoms with E-state index in [0.717, 1.165) is 25.3 Å². The van der Waals surface area contributed by atoms with Crippen molar-refractivity contribution < 1.29 is 0 Å². The number of H-pyrrole nitrogens is 1. The molecule has 96 valence electrons. The highest BCUT2D eigenvalue weighted by Crippen LogP contribution is 2.26. The average Bonchev–Trinajstić information content (AvgIpc) is 2.74. The normalized spacial score (nSPS) is 24.7. The summed E-state index contributed by atoms with van der Waals surface area (Å²) in [4.78, 5) is 18.4. The van der Waals surface area contributed by atoms with Crippen LogP contribution in [0.4, 0.5) is 5.82 Å². The van der Waals surface area contributed by atoms with Crippen LogP contribution in [0, 0.1) is 5.92 Å². The topological polar surface area (TPSA) is 66.3 Å². The molecular weight excluding hydrogens is 298 g/mol. The van der Waals surface area contributed by atoms with E-state index in [2.05, 4.69) is 42.9 Å². The Morgan fingerprint density at radius 3 is 3.17 bits per heavy atom. The summed E-state index contributed by atoms with van der Waals surface area (Å²) in [6.45, 7) is 4.17. The molecule has 3 heterocycles. The quantitative estimate of drug-likeness (QED) is 0.799. The minimum atomic E-state index is -0.255. The summed E-state index contributed by atoms with van der Waals surface area (Å²) >= 11 is 3.70. The Morgan fingerprint density at radius 1 is 1.56 bits per heavy atom. The first-order valence-electron chi connectivity index (χ1n) is 5.97. The van der Waals surface area contributed by atoms with Gasteiger partial charge in [0.25, 0.3) is 0 Å². The van der Waals surface area contributed by atoms with Crippen LogP contribution < -0.4 is 10.6 Å². The molecule has 0 bridgehead atoms. The van der Waals surface area contributed by atoms with E-state index in [1.807, 2.05) is 6.07 Å². The molecule has 2 atom stereocenters. The van der Waals surface area contributed by atoms with Gasteiger partial charge in [-0.25, -0.2) is 19.3 Å². The maximum atomic E-state index is 11.3. The van der Waals surface area contributed by atoms with Crippen molar-refractivity contribution in [3.8, 4) is 0 Å². The van der Waals surface area contributed by atoms with Crippen molar-refractivity contribution >= 4 is 27.4 Å². The molecule has 0 saturated carbocycles. The van der Waals surface area contributed by atoms with E-state index in [1.165, 1.54) is 10.7 Å². The molecule has 1 N–H and O–H groups in total. The highest BCUT2D eigenvalue weighted by Gasteiger charge is 2.25. The third kappa shape index (κ3) is 1.92. The van der Waals surface area contributed by atoms with E-state index < -0.39 is 0 Å². The predicted octanol–water partition coefficient (Wildman–Crippen LogP) is 1.03. The molecule has 1 aliphatic heterocycles. The number of nitrogens with zero attached hydrogens (tertiary/aromatic N) is 4. The van der Waals surface area contributed by atoms with Crippen molar-refractivity contribution in [2.75, 3.05) is 18.0 Å². The van der Waals surface area contributed by atoms with Gasteiger partial charge in [-0.15, -0.1) is 0 Å². The summed E-state index contributed by atoms with van der Waals surface area (Å²) in [5, 5.41) is 6.37. The first-order chi connectivity index (χ1) is 8.65. The fraction of sp³-hybridized carbons (Fsp3) is 0.545. The lowest BCUT2D eigenvalue weighted by Gasteiger charge is -2.34. The Morgan fingerprint density at radius 2 is 2.39 bits per heavy atom. The number of hydrogen-bond acceptors (Lipinski definition) is 4. The molecule has 2 aromatic rings. The Kier molecular flexibility index (Phi) is 2.85. The third-order valence-electron chi connectivity index (χ3n) is 3.49. The molecule has 2 aromatic heterocycles. The molecule has 7 heteroatoms. The second kappa shape index (κ2) is 4.38. The largest absolute Gasteiger partial charge is 0.355 e. The van der Waals surface area contributed by atoms with Crippen LogP contribution in [-0.4, -0.2) is 37.5 Å². The maximum Gasteiger partial charge on any atom is 0.348 e. The number of aromatic nitrogens is 4. The van der Waals surface area contributed by atoms with Gasteiger partial charge in [0.2, 0.25) is 0 Å². The lowest BCUT2D eigenvalue weighted by Crippen LogP contribution is -2.40. The predicted molar refractivity (Wildman–Crippen MR) is 72.3 cm³/mol. The van der Waals surface area contributed by atoms with Crippen molar-refractivity contribution in [1.82, 2.24) is 19.6 Å². The number of fused-ring (bicyclic) bond motifs is 1. The van der Waals surface area contributed by atoms with Gasteiger partial charge in [-0.1, -0.05) is 22.9 Å². The Bertz CT molecular complexity index is 621. The molecule has 0 amide bonds. The van der Waals surface area contributed by atoms with Gasteiger partial charge in [0.05, 0.1) is 0 Å². The molecule has 1 aliphatic rings. The van der Waals surface area contributed by atoms with E-state index in [9.17, 15) is 4.79 Å². The number of alkyl halides is 1. The first-order valence-corrected chi connectivity index (χ1v) is 6.88. The number of halogens is 1. The molecule has 18 heavy (non-hydrogen) atoms. The summed E-state index contributed by atoms with van der Waals surface area (Å²) < 4.78 is 1.40. The molecule has 0 aliphatic carbocycles. The Hall–Kier alpha value is -1.37. The van der Waals surface area contributed by atoms with Crippen molar-refractivity contribution in [1.29, 1.82) is 0 Å². The average molecular weight is 312 g/mol. The van der Waals surface area contributed by atoms with Crippen LogP contribution in [0.5, 0.6) is 0 Å². The van der Waals surface area contributed by atoms with Gasteiger partial charge in [-0.2, -0.15) is 5.10 Å². The van der Waals surface area contributed by atoms with Gasteiger partial charge in [0.15, 0.2) is 5.65 Å². The highest BCUT2D eigenvalue weighted by molar-refractivity contribution is 9.09. The van der Waals surface area contributed by atoms with Crippen LogP contribution in [0.2, 0.25) is 0 Å². The zero-order valence-electron chi connectivity index (χ0n) is 10.0. The van der Waals surface area contributed by atoms with Crippen LogP contribution in [0.1, 0.15) is 13.3 Å².